The molecule has 1 N–H and O–H groups in total. The summed E-state index contributed by atoms with van der Waals surface area (Å²) in [4.78, 5) is 12.8. The van der Waals surface area contributed by atoms with E-state index in [0.29, 0.717) is 17.8 Å². The number of fused-ring (bicyclic) bond motifs is 10. The van der Waals surface area contributed by atoms with Gasteiger partial charge in [0.25, 0.3) is 0 Å². The molecule has 0 aromatic rings. The average molecular weight is 455 g/mol. The summed E-state index contributed by atoms with van der Waals surface area (Å²) in [6, 6.07) is 0. The standard InChI is InChI=1S/C30H46O3/c1-25(2)20-10-13-30(7)21(28(20,5)12-11-22(25)31)9-8-18-19-16-26(3)17-23(33-24(26)32)27(19,4)14-15-29(18,30)6/h8,19-23,31H,9-17H2,1-7H3/t19?,20?,21?,22?,23?,26-,27+,28-,29+,30+/m0/s1. The van der Waals surface area contributed by atoms with Crippen molar-refractivity contribution in [3.05, 3.63) is 11.6 Å². The van der Waals surface area contributed by atoms with Gasteiger partial charge in [0.1, 0.15) is 6.10 Å². The maximum atomic E-state index is 12.8. The molecule has 0 radical (unpaired) electrons. The number of allylic oxidation sites excluding steroid dienone is 2. The SMILES string of the molecule is CC1(C)C(O)CC[C@@]2(C)C1CC[C@]1(C)C2CC=C2C3C[C@@]4(C)CC(OC4=O)[C@]3(C)CC[C@]21C. The number of carbonyl (C=O) groups is 1. The highest BCUT2D eigenvalue weighted by Gasteiger charge is 2.70. The van der Waals surface area contributed by atoms with E-state index in [-0.39, 0.29) is 50.7 Å². The van der Waals surface area contributed by atoms with Crippen molar-refractivity contribution in [2.75, 3.05) is 0 Å². The van der Waals surface area contributed by atoms with Crippen LogP contribution in [0.25, 0.3) is 0 Å². The van der Waals surface area contributed by atoms with E-state index in [1.807, 2.05) is 0 Å². The molecule has 2 bridgehead atoms. The van der Waals surface area contributed by atoms with Crippen LogP contribution in [0.2, 0.25) is 0 Å². The molecule has 6 aliphatic rings. The third-order valence-electron chi connectivity index (χ3n) is 13.6. The van der Waals surface area contributed by atoms with Crippen LogP contribution >= 0.6 is 0 Å². The summed E-state index contributed by atoms with van der Waals surface area (Å²) in [5.74, 6) is 1.79. The molecule has 1 aliphatic heterocycles. The van der Waals surface area contributed by atoms with Crippen molar-refractivity contribution in [1.82, 2.24) is 0 Å². The second-order valence-electron chi connectivity index (χ2n) is 15.1. The van der Waals surface area contributed by atoms with E-state index in [9.17, 15) is 9.90 Å². The van der Waals surface area contributed by atoms with Gasteiger partial charge in [-0.15, -0.1) is 0 Å². The van der Waals surface area contributed by atoms with Gasteiger partial charge in [0, 0.05) is 11.8 Å². The van der Waals surface area contributed by atoms with Gasteiger partial charge >= 0.3 is 5.97 Å². The van der Waals surface area contributed by atoms with E-state index >= 15 is 0 Å². The number of aliphatic hydroxyl groups excluding tert-OH is 1. The summed E-state index contributed by atoms with van der Waals surface area (Å²) in [6.45, 7) is 17.1. The Morgan fingerprint density at radius 2 is 1.61 bits per heavy atom. The van der Waals surface area contributed by atoms with Gasteiger partial charge in [-0.1, -0.05) is 53.2 Å². The van der Waals surface area contributed by atoms with E-state index in [0.717, 1.165) is 25.7 Å². The van der Waals surface area contributed by atoms with Crippen LogP contribution in [0.4, 0.5) is 0 Å². The molecule has 0 aromatic heterocycles. The van der Waals surface area contributed by atoms with Gasteiger partial charge in [-0.3, -0.25) is 4.79 Å². The van der Waals surface area contributed by atoms with E-state index in [2.05, 4.69) is 54.5 Å². The van der Waals surface area contributed by atoms with Gasteiger partial charge < -0.3 is 9.84 Å². The minimum absolute atomic E-state index is 0.000773. The van der Waals surface area contributed by atoms with E-state index < -0.39 is 0 Å². The van der Waals surface area contributed by atoms with Crippen molar-refractivity contribution < 1.29 is 14.6 Å². The summed E-state index contributed by atoms with van der Waals surface area (Å²) in [6.07, 6.45) is 12.6. The van der Waals surface area contributed by atoms with Gasteiger partial charge in [0.2, 0.25) is 0 Å². The molecule has 5 unspecified atom stereocenters. The molecule has 3 heteroatoms. The van der Waals surface area contributed by atoms with E-state index in [1.54, 1.807) is 5.57 Å². The Morgan fingerprint density at radius 1 is 0.879 bits per heavy atom. The normalized spacial score (nSPS) is 58.8. The maximum Gasteiger partial charge on any atom is 0.312 e. The van der Waals surface area contributed by atoms with Crippen LogP contribution in [0.3, 0.4) is 0 Å². The quantitative estimate of drug-likeness (QED) is 0.328. The number of rotatable bonds is 0. The highest BCUT2D eigenvalue weighted by atomic mass is 16.6. The lowest BCUT2D eigenvalue weighted by Crippen LogP contribution is -2.65. The number of hydrogen-bond acceptors (Lipinski definition) is 3. The molecule has 1 heterocycles. The smallest absolute Gasteiger partial charge is 0.312 e. The van der Waals surface area contributed by atoms with Crippen LogP contribution in [0.1, 0.15) is 106 Å². The maximum absolute atomic E-state index is 12.8. The zero-order chi connectivity index (χ0) is 23.8. The lowest BCUT2D eigenvalue weighted by Gasteiger charge is -2.71. The first-order chi connectivity index (χ1) is 15.2. The number of aliphatic hydroxyl groups is 1. The van der Waals surface area contributed by atoms with Gasteiger partial charge in [-0.05, 0) is 97.7 Å². The Bertz CT molecular complexity index is 935. The molecule has 0 amide bonds. The fourth-order valence-corrected chi connectivity index (χ4v) is 11.1. The zero-order valence-electron chi connectivity index (χ0n) is 22.1. The summed E-state index contributed by atoms with van der Waals surface area (Å²) in [7, 11) is 0. The fraction of sp³-hybridized carbons (Fsp3) is 0.900. The largest absolute Gasteiger partial charge is 0.461 e. The second kappa shape index (κ2) is 6.29. The zero-order valence-corrected chi connectivity index (χ0v) is 22.1. The molecule has 3 nitrogen and oxygen atoms in total. The van der Waals surface area contributed by atoms with E-state index in [4.69, 9.17) is 4.74 Å². The number of ether oxygens (including phenoxy) is 1. The summed E-state index contributed by atoms with van der Waals surface area (Å²) in [5, 5.41) is 10.9. The third-order valence-corrected chi connectivity index (χ3v) is 13.6. The van der Waals surface area contributed by atoms with Crippen molar-refractivity contribution in [3.8, 4) is 0 Å². The second-order valence-corrected chi connectivity index (χ2v) is 15.1. The molecule has 10 atom stereocenters. The molecule has 5 fully saturated rings. The summed E-state index contributed by atoms with van der Waals surface area (Å²) < 4.78 is 6.03. The molecule has 5 aliphatic carbocycles. The third kappa shape index (κ3) is 2.44. The lowest BCUT2D eigenvalue weighted by atomic mass is 9.33. The first-order valence-corrected chi connectivity index (χ1v) is 13.8. The van der Waals surface area contributed by atoms with Crippen molar-refractivity contribution in [2.24, 2.45) is 50.2 Å². The van der Waals surface area contributed by atoms with Crippen LogP contribution in [0.15, 0.2) is 11.6 Å². The Balaban J connectivity index is 1.43. The van der Waals surface area contributed by atoms with Crippen molar-refractivity contribution >= 4 is 5.97 Å². The molecular weight excluding hydrogens is 408 g/mol. The summed E-state index contributed by atoms with van der Waals surface area (Å²) in [5.41, 5.74) is 2.25. The van der Waals surface area contributed by atoms with Gasteiger partial charge in [0.05, 0.1) is 11.5 Å². The van der Waals surface area contributed by atoms with Crippen LogP contribution in [-0.2, 0) is 9.53 Å². The van der Waals surface area contributed by atoms with Crippen LogP contribution < -0.4 is 0 Å². The molecule has 184 valence electrons. The fourth-order valence-electron chi connectivity index (χ4n) is 11.1. The number of carbonyl (C=O) groups excluding carboxylic acids is 1. The van der Waals surface area contributed by atoms with Gasteiger partial charge in [-0.25, -0.2) is 0 Å². The first kappa shape index (κ1) is 22.6. The average Bonchev–Trinajstić information content (AvgIpc) is 3.00. The van der Waals surface area contributed by atoms with Crippen molar-refractivity contribution in [2.45, 2.75) is 118 Å². The topological polar surface area (TPSA) is 46.5 Å². The molecule has 6 rings (SSSR count). The summed E-state index contributed by atoms with van der Waals surface area (Å²) >= 11 is 0. The van der Waals surface area contributed by atoms with Crippen LogP contribution in [-0.4, -0.2) is 23.3 Å². The highest BCUT2D eigenvalue weighted by Crippen LogP contribution is 2.76. The Labute approximate surface area is 201 Å². The van der Waals surface area contributed by atoms with E-state index in [1.165, 1.54) is 32.1 Å². The minimum Gasteiger partial charge on any atom is -0.461 e. The minimum atomic E-state index is -0.293. The Hall–Kier alpha value is -0.830. The van der Waals surface area contributed by atoms with Gasteiger partial charge in [-0.2, -0.15) is 0 Å². The van der Waals surface area contributed by atoms with Gasteiger partial charge in [0.15, 0.2) is 0 Å². The molecule has 1 saturated heterocycles. The van der Waals surface area contributed by atoms with Crippen LogP contribution in [0.5, 0.6) is 0 Å². The monoisotopic (exact) mass is 454 g/mol. The van der Waals surface area contributed by atoms with Crippen molar-refractivity contribution in [3.63, 3.8) is 0 Å². The molecule has 0 aromatic carbocycles. The molecular formula is C30H46O3. The predicted molar refractivity (Wildman–Crippen MR) is 130 cm³/mol. The molecule has 33 heavy (non-hydrogen) atoms. The lowest BCUT2D eigenvalue weighted by molar-refractivity contribution is -0.204. The Morgan fingerprint density at radius 3 is 2.33 bits per heavy atom. The first-order valence-electron chi connectivity index (χ1n) is 13.8. The molecule has 0 spiro atoms. The predicted octanol–water partition coefficient (Wildman–Crippen LogP) is 6.68. The molecule has 4 saturated carbocycles. The number of hydrogen-bond donors (Lipinski definition) is 1. The number of esters is 1. The van der Waals surface area contributed by atoms with Crippen molar-refractivity contribution in [1.29, 1.82) is 0 Å². The van der Waals surface area contributed by atoms with Crippen LogP contribution in [0, 0.1) is 50.2 Å². The highest BCUT2D eigenvalue weighted by molar-refractivity contribution is 5.79. The Kier molecular flexibility index (Phi) is 4.31.